The summed E-state index contributed by atoms with van der Waals surface area (Å²) >= 11 is 0. The maximum Gasteiger partial charge on any atom is 0.268 e. The second-order valence-electron chi connectivity index (χ2n) is 16.5. The first-order valence-corrected chi connectivity index (χ1v) is 24.2. The first-order valence-electron chi connectivity index (χ1n) is 22.7. The molecule has 0 aliphatic carbocycles. The maximum absolute atomic E-state index is 12.2. The van der Waals surface area contributed by atoms with Crippen LogP contribution in [0.25, 0.3) is 0 Å². The molecule has 0 bridgehead atoms. The van der Waals surface area contributed by atoms with Gasteiger partial charge in [-0.05, 0) is 19.3 Å². The van der Waals surface area contributed by atoms with E-state index < -0.39 is 7.82 Å². The van der Waals surface area contributed by atoms with Gasteiger partial charge >= 0.3 is 0 Å². The van der Waals surface area contributed by atoms with Crippen molar-refractivity contribution in [3.8, 4) is 0 Å². The van der Waals surface area contributed by atoms with E-state index in [-0.39, 0.29) is 13.2 Å². The molecule has 0 aromatic heterocycles. The number of likely N-dealkylation sites (N-methyl/N-ethyl adjacent to an activating group) is 1. The number of quaternary nitrogens is 1. The highest BCUT2D eigenvalue weighted by Crippen LogP contribution is 2.38. The molecular weight excluding hydrogens is 637 g/mol. The summed E-state index contributed by atoms with van der Waals surface area (Å²) in [6, 6.07) is 0. The summed E-state index contributed by atoms with van der Waals surface area (Å²) in [5.74, 6) is 0. The molecule has 5 nitrogen and oxygen atoms in total. The fourth-order valence-corrected chi connectivity index (χ4v) is 7.90. The molecule has 0 aromatic rings. The van der Waals surface area contributed by atoms with Gasteiger partial charge in [0.15, 0.2) is 0 Å². The molecule has 0 spiro atoms. The lowest BCUT2D eigenvalue weighted by atomic mass is 10.0. The standard InChI is InChI=1S/C44H92NO4P/c1-5-7-9-11-13-15-17-19-21-23-24-25-26-27-29-31-33-35-37-39-41-45(3,4)42-44-49-50(46,47)48-43-40-38-36-34-32-30-28-22-20-18-16-14-12-10-8-6-2/h5-44H2,1-4H3. The first-order chi connectivity index (χ1) is 24.3. The van der Waals surface area contributed by atoms with E-state index in [9.17, 15) is 9.46 Å². The Bertz CT molecular complexity index is 704. The van der Waals surface area contributed by atoms with Gasteiger partial charge in [0.25, 0.3) is 7.82 Å². The van der Waals surface area contributed by atoms with Crippen LogP contribution < -0.4 is 4.89 Å². The van der Waals surface area contributed by atoms with Gasteiger partial charge in [0.1, 0.15) is 13.2 Å². The first kappa shape index (κ1) is 50.1. The molecule has 0 N–H and O–H groups in total. The molecule has 0 aliphatic rings. The van der Waals surface area contributed by atoms with Gasteiger partial charge in [-0.3, -0.25) is 4.57 Å². The summed E-state index contributed by atoms with van der Waals surface area (Å²) in [4.78, 5) is 12.2. The molecule has 50 heavy (non-hydrogen) atoms. The minimum atomic E-state index is -4.20. The van der Waals surface area contributed by atoms with Gasteiger partial charge in [-0.1, -0.05) is 226 Å². The third-order valence-electron chi connectivity index (χ3n) is 10.8. The average molecular weight is 730 g/mol. The summed E-state index contributed by atoms with van der Waals surface area (Å²) in [6.07, 6.45) is 48.8. The van der Waals surface area contributed by atoms with Crippen molar-refractivity contribution >= 4 is 7.82 Å². The van der Waals surface area contributed by atoms with Crippen LogP contribution in [0, 0.1) is 0 Å². The minimum absolute atomic E-state index is 0.200. The van der Waals surface area contributed by atoms with Crippen LogP contribution >= 0.6 is 7.82 Å². The third kappa shape index (κ3) is 40.8. The van der Waals surface area contributed by atoms with Gasteiger partial charge in [0, 0.05) is 0 Å². The van der Waals surface area contributed by atoms with Crippen molar-refractivity contribution in [1.82, 2.24) is 0 Å². The zero-order valence-corrected chi connectivity index (χ0v) is 35.7. The van der Waals surface area contributed by atoms with E-state index in [1.54, 1.807) is 0 Å². The number of hydrogen-bond acceptors (Lipinski definition) is 4. The molecular formula is C44H92NO4P. The number of rotatable bonds is 43. The zero-order chi connectivity index (χ0) is 36.7. The van der Waals surface area contributed by atoms with E-state index >= 15 is 0 Å². The number of phosphoric ester groups is 1. The summed E-state index contributed by atoms with van der Waals surface area (Å²) < 4.78 is 23.3. The second kappa shape index (κ2) is 38.8. The zero-order valence-electron chi connectivity index (χ0n) is 34.8. The largest absolute Gasteiger partial charge is 0.756 e. The van der Waals surface area contributed by atoms with Gasteiger partial charge in [0.05, 0.1) is 27.2 Å². The van der Waals surface area contributed by atoms with Crippen LogP contribution in [0.5, 0.6) is 0 Å². The summed E-state index contributed by atoms with van der Waals surface area (Å²) in [6.45, 7) is 6.77. The van der Waals surface area contributed by atoms with Crippen molar-refractivity contribution in [3.05, 3.63) is 0 Å². The van der Waals surface area contributed by atoms with E-state index in [1.807, 2.05) is 0 Å². The predicted molar refractivity (Wildman–Crippen MR) is 219 cm³/mol. The Morgan fingerprint density at radius 1 is 0.360 bits per heavy atom. The molecule has 0 radical (unpaired) electrons. The third-order valence-corrected chi connectivity index (χ3v) is 11.8. The number of nitrogens with zero attached hydrogens (tertiary/aromatic N) is 1. The van der Waals surface area contributed by atoms with Gasteiger partial charge in [-0.25, -0.2) is 0 Å². The Morgan fingerprint density at radius 3 is 0.900 bits per heavy atom. The fourth-order valence-electron chi connectivity index (χ4n) is 7.17. The molecule has 0 rings (SSSR count). The SMILES string of the molecule is CCCCCCCCCCCCCCCCCCCCCC[N+](C)(C)CCOP(=O)([O-])OCCCCCCCCCCCCCCCCCC. The Hall–Kier alpha value is 0.0700. The van der Waals surface area contributed by atoms with Gasteiger partial charge < -0.3 is 18.4 Å². The Balaban J connectivity index is 3.46. The van der Waals surface area contributed by atoms with E-state index in [2.05, 4.69) is 27.9 Å². The Labute approximate surface area is 315 Å². The van der Waals surface area contributed by atoms with Crippen LogP contribution in [0.1, 0.15) is 245 Å². The van der Waals surface area contributed by atoms with E-state index in [0.29, 0.717) is 6.54 Å². The number of unbranched alkanes of at least 4 members (excludes halogenated alkanes) is 34. The maximum atomic E-state index is 12.2. The topological polar surface area (TPSA) is 58.6 Å². The van der Waals surface area contributed by atoms with Crippen molar-refractivity contribution in [2.45, 2.75) is 245 Å². The molecule has 0 fully saturated rings. The summed E-state index contributed by atoms with van der Waals surface area (Å²) in [7, 11) is 0.149. The van der Waals surface area contributed by atoms with Crippen LogP contribution in [0.15, 0.2) is 0 Å². The molecule has 0 saturated heterocycles. The predicted octanol–water partition coefficient (Wildman–Crippen LogP) is 14.6. The van der Waals surface area contributed by atoms with Crippen molar-refractivity contribution in [2.75, 3.05) is 40.4 Å². The minimum Gasteiger partial charge on any atom is -0.756 e. The van der Waals surface area contributed by atoms with Crippen molar-refractivity contribution in [3.63, 3.8) is 0 Å². The quantitative estimate of drug-likeness (QED) is 0.0356. The van der Waals surface area contributed by atoms with Crippen molar-refractivity contribution < 1.29 is 23.0 Å². The smallest absolute Gasteiger partial charge is 0.268 e. The fraction of sp³-hybridized carbons (Fsp3) is 1.00. The van der Waals surface area contributed by atoms with Crippen LogP contribution in [0.2, 0.25) is 0 Å². The molecule has 0 heterocycles. The van der Waals surface area contributed by atoms with Crippen molar-refractivity contribution in [1.29, 1.82) is 0 Å². The molecule has 0 saturated carbocycles. The highest BCUT2D eigenvalue weighted by Gasteiger charge is 2.17. The lowest BCUT2D eigenvalue weighted by Crippen LogP contribution is -2.43. The molecule has 1 atom stereocenters. The second-order valence-corrected chi connectivity index (χ2v) is 17.9. The van der Waals surface area contributed by atoms with Crippen LogP contribution in [0.3, 0.4) is 0 Å². The molecule has 0 aromatic carbocycles. The van der Waals surface area contributed by atoms with Crippen LogP contribution in [-0.2, 0) is 13.6 Å². The van der Waals surface area contributed by atoms with E-state index in [0.717, 1.165) is 30.3 Å². The summed E-state index contributed by atoms with van der Waals surface area (Å²) in [5, 5.41) is 0. The lowest BCUT2D eigenvalue weighted by molar-refractivity contribution is -0.890. The lowest BCUT2D eigenvalue weighted by Gasteiger charge is -2.31. The van der Waals surface area contributed by atoms with Crippen LogP contribution in [-0.4, -0.2) is 44.9 Å². The summed E-state index contributed by atoms with van der Waals surface area (Å²) in [5.41, 5.74) is 0. The van der Waals surface area contributed by atoms with Crippen LogP contribution in [0.4, 0.5) is 0 Å². The van der Waals surface area contributed by atoms with E-state index in [4.69, 9.17) is 9.05 Å². The monoisotopic (exact) mass is 730 g/mol. The van der Waals surface area contributed by atoms with Gasteiger partial charge in [-0.2, -0.15) is 0 Å². The molecule has 1 unspecified atom stereocenters. The molecule has 6 heteroatoms. The van der Waals surface area contributed by atoms with Gasteiger partial charge in [0.2, 0.25) is 0 Å². The Morgan fingerprint density at radius 2 is 0.600 bits per heavy atom. The number of phosphoric acid groups is 1. The molecule has 0 amide bonds. The normalized spacial score (nSPS) is 13.3. The molecule has 0 aliphatic heterocycles. The average Bonchev–Trinajstić information content (AvgIpc) is 3.08. The highest BCUT2D eigenvalue weighted by molar-refractivity contribution is 7.45. The number of hydrogen-bond donors (Lipinski definition) is 0. The van der Waals surface area contributed by atoms with Gasteiger partial charge in [-0.15, -0.1) is 0 Å². The highest BCUT2D eigenvalue weighted by atomic mass is 31.2. The van der Waals surface area contributed by atoms with E-state index in [1.165, 1.54) is 212 Å². The molecule has 302 valence electrons. The van der Waals surface area contributed by atoms with Crippen molar-refractivity contribution in [2.24, 2.45) is 0 Å². The Kier molecular flexibility index (Phi) is 38.8.